The number of nitrogen functional groups attached to an aromatic ring is 1. The van der Waals surface area contributed by atoms with Crippen LogP contribution in [0.25, 0.3) is 5.69 Å². The predicted molar refractivity (Wildman–Crippen MR) is 162 cm³/mol. The van der Waals surface area contributed by atoms with E-state index in [2.05, 4.69) is 21.9 Å². The second-order valence-electron chi connectivity index (χ2n) is 9.99. The fourth-order valence-electron chi connectivity index (χ4n) is 4.43. The number of aryl methyl sites for hydroxylation is 1. The number of sulfonamides is 1. The van der Waals surface area contributed by atoms with E-state index in [-0.39, 0.29) is 10.6 Å². The third kappa shape index (κ3) is 8.29. The van der Waals surface area contributed by atoms with Gasteiger partial charge < -0.3 is 16.2 Å². The molecule has 2 aromatic heterocycles. The summed E-state index contributed by atoms with van der Waals surface area (Å²) in [5.41, 5.74) is 8.22. The quantitative estimate of drug-likeness (QED) is 0.157. The molecule has 0 radical (unpaired) electrons. The number of nitrogens with zero attached hydrogens (tertiary/aromatic N) is 3. The van der Waals surface area contributed by atoms with Gasteiger partial charge in [0.15, 0.2) is 0 Å². The Balaban J connectivity index is 1.28. The first-order valence-electron chi connectivity index (χ1n) is 13.9. The molecule has 0 saturated carbocycles. The van der Waals surface area contributed by atoms with Gasteiger partial charge in [-0.2, -0.15) is 0 Å². The molecule has 4 aromatic rings. The second kappa shape index (κ2) is 14.1. The number of hydrogen-bond donors (Lipinski definition) is 4. The molecule has 0 spiro atoms. The minimum Gasteiger partial charge on any atom is -0.387 e. The van der Waals surface area contributed by atoms with Crippen molar-refractivity contribution in [1.82, 2.24) is 19.4 Å². The zero-order chi connectivity index (χ0) is 29.2. The topological polar surface area (TPSA) is 144 Å². The molecule has 1 atom stereocenters. The van der Waals surface area contributed by atoms with Crippen molar-refractivity contribution in [3.8, 4) is 5.69 Å². The van der Waals surface area contributed by atoms with Crippen molar-refractivity contribution in [2.75, 3.05) is 23.5 Å². The smallest absolute Gasteiger partial charge is 0.332 e. The Labute approximate surface area is 240 Å². The summed E-state index contributed by atoms with van der Waals surface area (Å²) in [6, 6.07) is 16.8. The molecule has 0 amide bonds. The molecule has 2 aromatic carbocycles. The molecule has 0 aliphatic heterocycles. The molecule has 0 fully saturated rings. The van der Waals surface area contributed by atoms with Crippen LogP contribution >= 0.6 is 0 Å². The van der Waals surface area contributed by atoms with E-state index >= 15 is 0 Å². The van der Waals surface area contributed by atoms with E-state index in [0.29, 0.717) is 48.8 Å². The van der Waals surface area contributed by atoms with Crippen molar-refractivity contribution < 1.29 is 13.5 Å². The molecule has 4 rings (SSSR count). The van der Waals surface area contributed by atoms with Crippen LogP contribution in [-0.2, 0) is 23.0 Å². The highest BCUT2D eigenvalue weighted by atomic mass is 32.2. The molecule has 218 valence electrons. The first kappa shape index (κ1) is 30.0. The number of benzene rings is 2. The summed E-state index contributed by atoms with van der Waals surface area (Å²) < 4.78 is 31.7. The Morgan fingerprint density at radius 1 is 0.976 bits per heavy atom. The Hall–Kier alpha value is -3.93. The minimum absolute atomic E-state index is 0.108. The Morgan fingerprint density at radius 2 is 1.73 bits per heavy atom. The lowest BCUT2D eigenvalue weighted by Crippen LogP contribution is -2.23. The third-order valence-electron chi connectivity index (χ3n) is 6.85. The number of aliphatic hydroxyl groups excluding tert-OH is 1. The summed E-state index contributed by atoms with van der Waals surface area (Å²) >= 11 is 0. The number of aliphatic hydroxyl groups is 1. The molecular weight excluding hydrogens is 540 g/mol. The zero-order valence-corrected chi connectivity index (χ0v) is 24.1. The number of unbranched alkanes of at least 4 members (excludes halogenated alkanes) is 3. The molecule has 11 heteroatoms. The molecule has 0 aliphatic carbocycles. The van der Waals surface area contributed by atoms with Crippen LogP contribution in [0.15, 0.2) is 88.9 Å². The SMILES string of the molecule is CCCCCCn1ccn(-c2ccc(S(=O)(=O)Nc3ccc(CCNCC(O)c4ccc(N)nc4)cc3)cc2)c1=O. The first-order valence-corrected chi connectivity index (χ1v) is 15.4. The average molecular weight is 579 g/mol. The highest BCUT2D eigenvalue weighted by molar-refractivity contribution is 7.92. The number of aromatic nitrogens is 3. The van der Waals surface area contributed by atoms with E-state index in [1.165, 1.54) is 16.7 Å². The van der Waals surface area contributed by atoms with Gasteiger partial charge in [0.2, 0.25) is 0 Å². The van der Waals surface area contributed by atoms with Gasteiger partial charge in [0, 0.05) is 42.9 Å². The van der Waals surface area contributed by atoms with Crippen LogP contribution in [0.4, 0.5) is 11.5 Å². The number of rotatable bonds is 15. The van der Waals surface area contributed by atoms with Gasteiger partial charge >= 0.3 is 5.69 Å². The molecular formula is C30H38N6O4S. The number of nitrogens with one attached hydrogen (secondary N) is 2. The number of hydrogen-bond acceptors (Lipinski definition) is 7. The predicted octanol–water partition coefficient (Wildman–Crippen LogP) is 3.86. The van der Waals surface area contributed by atoms with Gasteiger partial charge in [-0.1, -0.05) is 44.4 Å². The maximum absolute atomic E-state index is 13.0. The van der Waals surface area contributed by atoms with Gasteiger partial charge in [0.25, 0.3) is 10.0 Å². The van der Waals surface area contributed by atoms with E-state index in [1.807, 2.05) is 12.1 Å². The summed E-state index contributed by atoms with van der Waals surface area (Å²) in [5.74, 6) is 0.408. The summed E-state index contributed by atoms with van der Waals surface area (Å²) in [6.45, 7) is 3.84. The summed E-state index contributed by atoms with van der Waals surface area (Å²) in [5, 5.41) is 13.5. The van der Waals surface area contributed by atoms with Crippen molar-refractivity contribution in [3.05, 3.63) is 101 Å². The van der Waals surface area contributed by atoms with Gasteiger partial charge in [-0.05, 0) is 67.4 Å². The van der Waals surface area contributed by atoms with Crippen molar-refractivity contribution in [1.29, 1.82) is 0 Å². The van der Waals surface area contributed by atoms with Gasteiger partial charge in [-0.15, -0.1) is 0 Å². The van der Waals surface area contributed by atoms with Crippen LogP contribution in [0.3, 0.4) is 0 Å². The van der Waals surface area contributed by atoms with Gasteiger partial charge in [0.1, 0.15) is 5.82 Å². The van der Waals surface area contributed by atoms with Crippen molar-refractivity contribution in [2.45, 2.75) is 56.6 Å². The maximum Gasteiger partial charge on any atom is 0.332 e. The maximum atomic E-state index is 13.0. The zero-order valence-electron chi connectivity index (χ0n) is 23.2. The molecule has 10 nitrogen and oxygen atoms in total. The fraction of sp³-hybridized carbons (Fsp3) is 0.333. The third-order valence-corrected chi connectivity index (χ3v) is 8.25. The molecule has 5 N–H and O–H groups in total. The lowest BCUT2D eigenvalue weighted by Gasteiger charge is -2.12. The average Bonchev–Trinajstić information content (AvgIpc) is 3.34. The van der Waals surface area contributed by atoms with Gasteiger partial charge in [-0.3, -0.25) is 13.9 Å². The van der Waals surface area contributed by atoms with Crippen LogP contribution < -0.4 is 21.5 Å². The van der Waals surface area contributed by atoms with Crippen LogP contribution in [0.5, 0.6) is 0 Å². The molecule has 41 heavy (non-hydrogen) atoms. The lowest BCUT2D eigenvalue weighted by atomic mass is 10.1. The molecule has 0 saturated heterocycles. The van der Waals surface area contributed by atoms with Crippen molar-refractivity contribution in [3.63, 3.8) is 0 Å². The molecule has 1 unspecified atom stereocenters. The molecule has 2 heterocycles. The summed E-state index contributed by atoms with van der Waals surface area (Å²) in [6.07, 6.45) is 9.39. The Kier molecular flexibility index (Phi) is 10.3. The first-order chi connectivity index (χ1) is 19.8. The van der Waals surface area contributed by atoms with Crippen molar-refractivity contribution in [2.24, 2.45) is 0 Å². The van der Waals surface area contributed by atoms with E-state index in [1.54, 1.807) is 59.6 Å². The molecule has 0 bridgehead atoms. The van der Waals surface area contributed by atoms with Gasteiger partial charge in [-0.25, -0.2) is 18.2 Å². The summed E-state index contributed by atoms with van der Waals surface area (Å²) in [4.78, 5) is 16.8. The van der Waals surface area contributed by atoms with Crippen molar-refractivity contribution >= 4 is 21.5 Å². The highest BCUT2D eigenvalue weighted by Crippen LogP contribution is 2.19. The minimum atomic E-state index is -3.80. The van der Waals surface area contributed by atoms with Crippen LogP contribution in [0, 0.1) is 0 Å². The van der Waals surface area contributed by atoms with Crippen LogP contribution in [0.1, 0.15) is 49.8 Å². The number of anilines is 2. The van der Waals surface area contributed by atoms with E-state index < -0.39 is 16.1 Å². The van der Waals surface area contributed by atoms with Crippen LogP contribution in [0.2, 0.25) is 0 Å². The summed E-state index contributed by atoms with van der Waals surface area (Å²) in [7, 11) is -3.80. The largest absolute Gasteiger partial charge is 0.387 e. The molecule has 0 aliphatic rings. The number of imidazole rings is 1. The lowest BCUT2D eigenvalue weighted by molar-refractivity contribution is 0.175. The van der Waals surface area contributed by atoms with E-state index in [9.17, 15) is 18.3 Å². The second-order valence-corrected chi connectivity index (χ2v) is 11.7. The normalized spacial score (nSPS) is 12.3. The van der Waals surface area contributed by atoms with E-state index in [4.69, 9.17) is 5.73 Å². The van der Waals surface area contributed by atoms with Gasteiger partial charge in [0.05, 0.1) is 16.7 Å². The highest BCUT2D eigenvalue weighted by Gasteiger charge is 2.15. The Bertz CT molecular complexity index is 1550. The number of nitrogens with two attached hydrogens (primary N) is 1. The van der Waals surface area contributed by atoms with E-state index in [0.717, 1.165) is 31.2 Å². The monoisotopic (exact) mass is 578 g/mol. The Morgan fingerprint density at radius 3 is 2.41 bits per heavy atom. The standard InChI is InChI=1S/C30H38N6O4S/c1-2-3-4-5-18-35-19-20-36(30(35)38)26-11-13-27(14-12-26)41(39,40)34-25-9-6-23(7-10-25)16-17-32-22-28(37)24-8-15-29(31)33-21-24/h6-15,19-21,28,32,34,37H,2-5,16-18,22H2,1H3,(H2,31,33). The van der Waals surface area contributed by atoms with Crippen LogP contribution in [-0.4, -0.2) is 40.7 Å². The fourth-order valence-corrected chi connectivity index (χ4v) is 5.49. The number of pyridine rings is 1.